The van der Waals surface area contributed by atoms with Crippen molar-refractivity contribution in [3.05, 3.63) is 96.6 Å². The average molecular weight is 607 g/mol. The van der Waals surface area contributed by atoms with E-state index < -0.39 is 0 Å². The molecule has 1 saturated heterocycles. The molecular weight excluding hydrogens is 564 g/mol. The minimum atomic E-state index is -0.151. The second-order valence-corrected chi connectivity index (χ2v) is 11.1. The maximum atomic E-state index is 13.5. The Morgan fingerprint density at radius 1 is 0.733 bits per heavy atom. The fourth-order valence-corrected chi connectivity index (χ4v) is 5.53. The van der Waals surface area contributed by atoms with Gasteiger partial charge in [0.1, 0.15) is 12.3 Å². The Bertz CT molecular complexity index is 1520. The highest BCUT2D eigenvalue weighted by molar-refractivity contribution is 5.96. The van der Waals surface area contributed by atoms with Crippen molar-refractivity contribution in [2.24, 2.45) is 0 Å². The van der Waals surface area contributed by atoms with Gasteiger partial charge in [-0.2, -0.15) is 0 Å². The summed E-state index contributed by atoms with van der Waals surface area (Å²) >= 11 is 0. The van der Waals surface area contributed by atoms with E-state index in [0.29, 0.717) is 50.6 Å². The molecule has 234 valence electrons. The van der Waals surface area contributed by atoms with Crippen LogP contribution in [0.15, 0.2) is 91.0 Å². The number of aromatic nitrogens is 2. The molecule has 3 aromatic carbocycles. The van der Waals surface area contributed by atoms with Crippen LogP contribution in [0.4, 0.5) is 5.82 Å². The molecule has 1 fully saturated rings. The van der Waals surface area contributed by atoms with Crippen molar-refractivity contribution in [3.8, 4) is 28.1 Å². The van der Waals surface area contributed by atoms with Crippen molar-refractivity contribution < 1.29 is 14.3 Å². The lowest BCUT2D eigenvalue weighted by Gasteiger charge is -2.36. The van der Waals surface area contributed by atoms with Crippen molar-refractivity contribution in [1.29, 1.82) is 0 Å². The SMILES string of the molecule is CCN(CC)CCN(CC(=O)N1CCN(c2ccc(-c3ccc(-c4ccccc4)cc3)nn2)CC1)C(=O)c1ccc(OC)cc1. The summed E-state index contributed by atoms with van der Waals surface area (Å²) in [5.41, 5.74) is 4.72. The lowest BCUT2D eigenvalue weighted by atomic mass is 10.0. The first-order chi connectivity index (χ1) is 22.0. The van der Waals surface area contributed by atoms with Crippen LogP contribution in [-0.4, -0.2) is 103 Å². The van der Waals surface area contributed by atoms with E-state index in [4.69, 9.17) is 4.74 Å². The number of rotatable bonds is 12. The molecule has 1 aliphatic heterocycles. The quantitative estimate of drug-likeness (QED) is 0.226. The van der Waals surface area contributed by atoms with E-state index in [1.807, 2.05) is 35.2 Å². The number of likely N-dealkylation sites (N-methyl/N-ethyl adjacent to an activating group) is 1. The van der Waals surface area contributed by atoms with Gasteiger partial charge in [0, 0.05) is 50.4 Å². The van der Waals surface area contributed by atoms with Gasteiger partial charge in [-0.05, 0) is 60.6 Å². The standard InChI is InChI=1S/C36H42N6O3/c1-4-39(5-2)21-22-42(36(44)31-15-17-32(45-3)18-16-31)27-35(43)41-25-23-40(24-26-41)34-20-19-33(37-38-34)30-13-11-29(12-14-30)28-9-7-6-8-10-28/h6-20H,4-5,21-27H2,1-3H3. The molecule has 0 bridgehead atoms. The number of carbonyl (C=O) groups is 2. The predicted molar refractivity (Wildman–Crippen MR) is 178 cm³/mol. The zero-order chi connectivity index (χ0) is 31.6. The van der Waals surface area contributed by atoms with Gasteiger partial charge in [0.2, 0.25) is 5.91 Å². The predicted octanol–water partition coefficient (Wildman–Crippen LogP) is 4.95. The molecule has 0 atom stereocenters. The molecule has 1 aromatic heterocycles. The van der Waals surface area contributed by atoms with Gasteiger partial charge in [0.25, 0.3) is 5.91 Å². The number of ether oxygens (including phenoxy) is 1. The summed E-state index contributed by atoms with van der Waals surface area (Å²) in [7, 11) is 1.60. The minimum absolute atomic E-state index is 0.0450. The van der Waals surface area contributed by atoms with E-state index >= 15 is 0 Å². The third kappa shape index (κ3) is 8.05. The molecule has 2 heterocycles. The Hall–Kier alpha value is -4.76. The molecular formula is C36H42N6O3. The van der Waals surface area contributed by atoms with Crippen LogP contribution >= 0.6 is 0 Å². The fourth-order valence-electron chi connectivity index (χ4n) is 5.53. The largest absolute Gasteiger partial charge is 0.497 e. The van der Waals surface area contributed by atoms with Crippen LogP contribution in [0.3, 0.4) is 0 Å². The van der Waals surface area contributed by atoms with Gasteiger partial charge >= 0.3 is 0 Å². The van der Waals surface area contributed by atoms with Gasteiger partial charge < -0.3 is 24.3 Å². The number of hydrogen-bond acceptors (Lipinski definition) is 7. The summed E-state index contributed by atoms with van der Waals surface area (Å²) in [5.74, 6) is 1.28. The summed E-state index contributed by atoms with van der Waals surface area (Å²) in [4.78, 5) is 34.8. The van der Waals surface area contributed by atoms with Gasteiger partial charge in [-0.3, -0.25) is 9.59 Å². The minimum Gasteiger partial charge on any atom is -0.497 e. The smallest absolute Gasteiger partial charge is 0.254 e. The third-order valence-electron chi connectivity index (χ3n) is 8.43. The number of nitrogens with zero attached hydrogens (tertiary/aromatic N) is 6. The van der Waals surface area contributed by atoms with E-state index in [0.717, 1.165) is 35.7 Å². The van der Waals surface area contributed by atoms with Crippen molar-refractivity contribution in [2.75, 3.05) is 70.9 Å². The summed E-state index contributed by atoms with van der Waals surface area (Å²) < 4.78 is 5.24. The zero-order valence-electron chi connectivity index (χ0n) is 26.4. The Morgan fingerprint density at radius 3 is 1.98 bits per heavy atom. The monoisotopic (exact) mass is 606 g/mol. The molecule has 0 spiro atoms. The molecule has 2 amide bonds. The van der Waals surface area contributed by atoms with Crippen LogP contribution in [0.2, 0.25) is 0 Å². The number of piperazine rings is 1. The van der Waals surface area contributed by atoms with Crippen molar-refractivity contribution in [2.45, 2.75) is 13.8 Å². The highest BCUT2D eigenvalue weighted by Crippen LogP contribution is 2.24. The molecule has 0 radical (unpaired) electrons. The molecule has 1 aliphatic rings. The maximum Gasteiger partial charge on any atom is 0.254 e. The summed E-state index contributed by atoms with van der Waals surface area (Å²) in [6.45, 7) is 9.64. The summed E-state index contributed by atoms with van der Waals surface area (Å²) in [5, 5.41) is 9.01. The van der Waals surface area contributed by atoms with Crippen LogP contribution in [0.25, 0.3) is 22.4 Å². The topological polar surface area (TPSA) is 82.1 Å². The average Bonchev–Trinajstić information content (AvgIpc) is 3.11. The summed E-state index contributed by atoms with van der Waals surface area (Å²) in [6.07, 6.45) is 0. The maximum absolute atomic E-state index is 13.5. The van der Waals surface area contributed by atoms with E-state index in [1.54, 1.807) is 36.3 Å². The van der Waals surface area contributed by atoms with Crippen LogP contribution in [0.1, 0.15) is 24.2 Å². The molecule has 5 rings (SSSR count). The molecule has 0 aliphatic carbocycles. The van der Waals surface area contributed by atoms with E-state index in [-0.39, 0.29) is 18.4 Å². The van der Waals surface area contributed by atoms with Crippen LogP contribution in [0.5, 0.6) is 5.75 Å². The number of carbonyl (C=O) groups excluding carboxylic acids is 2. The Kier molecular flexibility index (Phi) is 10.8. The number of anilines is 1. The lowest BCUT2D eigenvalue weighted by molar-refractivity contribution is -0.132. The molecule has 45 heavy (non-hydrogen) atoms. The summed E-state index contributed by atoms with van der Waals surface area (Å²) in [6, 6.07) is 29.7. The number of hydrogen-bond donors (Lipinski definition) is 0. The van der Waals surface area contributed by atoms with Crippen LogP contribution in [-0.2, 0) is 4.79 Å². The first-order valence-electron chi connectivity index (χ1n) is 15.7. The molecule has 0 N–H and O–H groups in total. The van der Waals surface area contributed by atoms with E-state index in [2.05, 4.69) is 70.2 Å². The second kappa shape index (κ2) is 15.3. The molecule has 0 unspecified atom stereocenters. The van der Waals surface area contributed by atoms with Crippen molar-refractivity contribution in [3.63, 3.8) is 0 Å². The van der Waals surface area contributed by atoms with Crippen molar-refractivity contribution >= 4 is 17.6 Å². The van der Waals surface area contributed by atoms with Gasteiger partial charge in [-0.15, -0.1) is 10.2 Å². The first-order valence-corrected chi connectivity index (χ1v) is 15.7. The van der Waals surface area contributed by atoms with E-state index in [9.17, 15) is 9.59 Å². The van der Waals surface area contributed by atoms with Crippen LogP contribution in [0, 0.1) is 0 Å². The number of amides is 2. The Morgan fingerprint density at radius 2 is 1.38 bits per heavy atom. The zero-order valence-corrected chi connectivity index (χ0v) is 26.4. The van der Waals surface area contributed by atoms with Crippen LogP contribution < -0.4 is 9.64 Å². The third-order valence-corrected chi connectivity index (χ3v) is 8.43. The highest BCUT2D eigenvalue weighted by atomic mass is 16.5. The molecule has 9 heteroatoms. The van der Waals surface area contributed by atoms with E-state index in [1.165, 1.54) is 5.56 Å². The van der Waals surface area contributed by atoms with Gasteiger partial charge in [0.15, 0.2) is 5.82 Å². The van der Waals surface area contributed by atoms with Gasteiger partial charge in [-0.25, -0.2) is 0 Å². The normalized spacial score (nSPS) is 13.2. The molecule has 0 saturated carbocycles. The molecule has 4 aromatic rings. The van der Waals surface area contributed by atoms with Crippen molar-refractivity contribution in [1.82, 2.24) is 24.9 Å². The van der Waals surface area contributed by atoms with Gasteiger partial charge in [-0.1, -0.05) is 68.4 Å². The van der Waals surface area contributed by atoms with Gasteiger partial charge in [0.05, 0.1) is 12.8 Å². The number of methoxy groups -OCH3 is 1. The second-order valence-electron chi connectivity index (χ2n) is 11.1. The lowest BCUT2D eigenvalue weighted by Crippen LogP contribution is -2.52. The Balaban J connectivity index is 1.17. The number of benzene rings is 3. The highest BCUT2D eigenvalue weighted by Gasteiger charge is 2.26. The first kappa shape index (κ1) is 31.7. The fraction of sp³-hybridized carbons (Fsp3) is 0.333. The Labute approximate surface area is 266 Å². The molecule has 9 nitrogen and oxygen atoms in total.